The van der Waals surface area contributed by atoms with Crippen molar-refractivity contribution in [2.75, 3.05) is 0 Å². The van der Waals surface area contributed by atoms with Crippen molar-refractivity contribution >= 4 is 23.9 Å². The summed E-state index contributed by atoms with van der Waals surface area (Å²) < 4.78 is 4.73. The molecular weight excluding hydrogens is 296 g/mol. The van der Waals surface area contributed by atoms with Gasteiger partial charge in [0.25, 0.3) is 0 Å². The van der Waals surface area contributed by atoms with E-state index in [-0.39, 0.29) is 6.42 Å². The van der Waals surface area contributed by atoms with Crippen LogP contribution in [0.2, 0.25) is 0 Å². The van der Waals surface area contributed by atoms with Crippen molar-refractivity contribution in [2.45, 2.75) is 63.9 Å². The molecular formula is C14H22O8. The van der Waals surface area contributed by atoms with Gasteiger partial charge in [-0.2, -0.15) is 0 Å². The first-order chi connectivity index (χ1) is 10.2. The first kappa shape index (κ1) is 19.9. The molecule has 0 aliphatic carbocycles. The van der Waals surface area contributed by atoms with Gasteiger partial charge in [0.05, 0.1) is 12.8 Å². The quantitative estimate of drug-likeness (QED) is 0.365. The molecule has 0 aliphatic heterocycles. The fourth-order valence-corrected chi connectivity index (χ4v) is 1.96. The number of ether oxygens (including phenoxy) is 1. The maximum Gasteiger partial charge on any atom is 0.349 e. The van der Waals surface area contributed by atoms with Gasteiger partial charge in [-0.25, -0.2) is 4.79 Å². The van der Waals surface area contributed by atoms with E-state index in [2.05, 4.69) is 0 Å². The van der Waals surface area contributed by atoms with E-state index in [4.69, 9.17) is 20.1 Å². The monoisotopic (exact) mass is 318 g/mol. The Morgan fingerprint density at radius 3 is 1.77 bits per heavy atom. The summed E-state index contributed by atoms with van der Waals surface area (Å²) in [6.07, 6.45) is 1.95. The van der Waals surface area contributed by atoms with Crippen LogP contribution in [0.1, 0.15) is 58.3 Å². The van der Waals surface area contributed by atoms with E-state index in [0.29, 0.717) is 6.42 Å². The number of carboxylic acids is 3. The largest absolute Gasteiger partial charge is 0.481 e. The summed E-state index contributed by atoms with van der Waals surface area (Å²) in [6.45, 7) is 2.03. The molecule has 0 saturated heterocycles. The Morgan fingerprint density at radius 1 is 0.864 bits per heavy atom. The molecule has 22 heavy (non-hydrogen) atoms. The lowest BCUT2D eigenvalue weighted by Gasteiger charge is -2.26. The molecule has 0 bridgehead atoms. The number of carbonyl (C=O) groups excluding carboxylic acids is 1. The van der Waals surface area contributed by atoms with Gasteiger partial charge < -0.3 is 20.1 Å². The van der Waals surface area contributed by atoms with Gasteiger partial charge in [0.1, 0.15) is 0 Å². The van der Waals surface area contributed by atoms with Crippen LogP contribution in [0.4, 0.5) is 0 Å². The van der Waals surface area contributed by atoms with Gasteiger partial charge in [-0.05, 0) is 6.42 Å². The second-order valence-corrected chi connectivity index (χ2v) is 5.08. The Labute approximate surface area is 128 Å². The molecule has 0 aliphatic rings. The summed E-state index contributed by atoms with van der Waals surface area (Å²) in [5, 5.41) is 26.6. The Hall–Kier alpha value is -2.12. The normalized spacial score (nSPS) is 11.0. The summed E-state index contributed by atoms with van der Waals surface area (Å²) in [7, 11) is 0. The molecule has 0 radical (unpaired) electrons. The third-order valence-corrected chi connectivity index (χ3v) is 3.06. The van der Waals surface area contributed by atoms with Crippen molar-refractivity contribution < 1.29 is 39.2 Å². The summed E-state index contributed by atoms with van der Waals surface area (Å²) >= 11 is 0. The highest BCUT2D eigenvalue weighted by Gasteiger charge is 2.47. The fourth-order valence-electron chi connectivity index (χ4n) is 1.96. The number of carboxylic acid groups (broad SMARTS) is 3. The van der Waals surface area contributed by atoms with Crippen molar-refractivity contribution in [3.8, 4) is 0 Å². The van der Waals surface area contributed by atoms with E-state index in [0.717, 1.165) is 25.7 Å². The molecule has 0 amide bonds. The molecule has 0 unspecified atom stereocenters. The topological polar surface area (TPSA) is 138 Å². The van der Waals surface area contributed by atoms with Crippen LogP contribution in [0.3, 0.4) is 0 Å². The predicted molar refractivity (Wildman–Crippen MR) is 74.3 cm³/mol. The smallest absolute Gasteiger partial charge is 0.349 e. The molecule has 0 rings (SSSR count). The Morgan fingerprint density at radius 2 is 1.36 bits per heavy atom. The summed E-state index contributed by atoms with van der Waals surface area (Å²) in [6, 6.07) is 0. The molecule has 0 aromatic heterocycles. The van der Waals surface area contributed by atoms with Crippen molar-refractivity contribution in [2.24, 2.45) is 0 Å². The third-order valence-electron chi connectivity index (χ3n) is 3.06. The number of unbranched alkanes of at least 4 members (excludes halogenated alkanes) is 4. The van der Waals surface area contributed by atoms with Crippen molar-refractivity contribution in [1.29, 1.82) is 0 Å². The van der Waals surface area contributed by atoms with Crippen molar-refractivity contribution in [3.05, 3.63) is 0 Å². The van der Waals surface area contributed by atoms with Gasteiger partial charge >= 0.3 is 23.9 Å². The molecule has 0 spiro atoms. The lowest BCUT2D eigenvalue weighted by molar-refractivity contribution is -0.186. The third kappa shape index (κ3) is 7.61. The molecule has 8 nitrogen and oxygen atoms in total. The summed E-state index contributed by atoms with van der Waals surface area (Å²) in [4.78, 5) is 44.5. The Balaban J connectivity index is 4.74. The lowest BCUT2D eigenvalue weighted by atomic mass is 9.95. The average Bonchev–Trinajstić information content (AvgIpc) is 2.36. The number of carbonyl (C=O) groups is 4. The summed E-state index contributed by atoms with van der Waals surface area (Å²) in [5.74, 6) is -5.79. The molecule has 0 fully saturated rings. The van der Waals surface area contributed by atoms with Crippen LogP contribution < -0.4 is 0 Å². The van der Waals surface area contributed by atoms with E-state index in [1.54, 1.807) is 0 Å². The van der Waals surface area contributed by atoms with Crippen LogP contribution in [0.15, 0.2) is 0 Å². The van der Waals surface area contributed by atoms with Gasteiger partial charge in [0, 0.05) is 6.42 Å². The highest BCUT2D eigenvalue weighted by molar-refractivity contribution is 5.90. The zero-order chi connectivity index (χ0) is 17.2. The lowest BCUT2D eigenvalue weighted by Crippen LogP contribution is -2.47. The maximum atomic E-state index is 11.7. The van der Waals surface area contributed by atoms with Crippen LogP contribution in [0.25, 0.3) is 0 Å². The molecule has 0 aromatic rings. The predicted octanol–water partition coefficient (Wildman–Crippen LogP) is 1.66. The number of aliphatic carboxylic acids is 3. The molecule has 3 N–H and O–H groups in total. The van der Waals surface area contributed by atoms with Crippen LogP contribution >= 0.6 is 0 Å². The number of hydrogen-bond acceptors (Lipinski definition) is 5. The van der Waals surface area contributed by atoms with E-state index in [1.807, 2.05) is 6.92 Å². The van der Waals surface area contributed by atoms with Crippen molar-refractivity contribution in [1.82, 2.24) is 0 Å². The fraction of sp³-hybridized carbons (Fsp3) is 0.714. The van der Waals surface area contributed by atoms with Gasteiger partial charge in [0.2, 0.25) is 5.60 Å². The van der Waals surface area contributed by atoms with Crippen molar-refractivity contribution in [3.63, 3.8) is 0 Å². The molecule has 8 heteroatoms. The minimum atomic E-state index is -2.57. The van der Waals surface area contributed by atoms with E-state index in [9.17, 15) is 19.2 Å². The molecule has 0 heterocycles. The van der Waals surface area contributed by atoms with Crippen LogP contribution in [0, 0.1) is 0 Å². The first-order valence-corrected chi connectivity index (χ1v) is 7.12. The zero-order valence-electron chi connectivity index (χ0n) is 12.5. The van der Waals surface area contributed by atoms with E-state index < -0.39 is 42.3 Å². The number of rotatable bonds is 12. The van der Waals surface area contributed by atoms with Crippen LogP contribution in [-0.4, -0.2) is 44.8 Å². The van der Waals surface area contributed by atoms with Gasteiger partial charge in [0.15, 0.2) is 0 Å². The maximum absolute atomic E-state index is 11.7. The van der Waals surface area contributed by atoms with E-state index in [1.165, 1.54) is 0 Å². The highest BCUT2D eigenvalue weighted by Crippen LogP contribution is 2.23. The summed E-state index contributed by atoms with van der Waals surface area (Å²) in [5.41, 5.74) is -2.57. The second-order valence-electron chi connectivity index (χ2n) is 5.08. The SMILES string of the molecule is CCCCCCCC(=O)OC(CC(=O)O)(CC(=O)O)C(=O)O. The van der Waals surface area contributed by atoms with Crippen LogP contribution in [0.5, 0.6) is 0 Å². The minimum Gasteiger partial charge on any atom is -0.481 e. The number of esters is 1. The standard InChI is InChI=1S/C14H22O8/c1-2-3-4-5-6-7-12(19)22-14(13(20)21,8-10(15)16)9-11(17)18/h2-9H2,1H3,(H,15,16)(H,17,18)(H,20,21). The van der Waals surface area contributed by atoms with E-state index >= 15 is 0 Å². The molecule has 0 aromatic carbocycles. The average molecular weight is 318 g/mol. The number of hydrogen-bond donors (Lipinski definition) is 3. The minimum absolute atomic E-state index is 0.0714. The highest BCUT2D eigenvalue weighted by atomic mass is 16.6. The second kappa shape index (κ2) is 9.75. The Bertz CT molecular complexity index is 399. The molecule has 0 saturated carbocycles. The van der Waals surface area contributed by atoms with Gasteiger partial charge in [-0.1, -0.05) is 32.6 Å². The van der Waals surface area contributed by atoms with Gasteiger partial charge in [-0.3, -0.25) is 14.4 Å². The van der Waals surface area contributed by atoms with Gasteiger partial charge in [-0.15, -0.1) is 0 Å². The first-order valence-electron chi connectivity index (χ1n) is 7.12. The zero-order valence-corrected chi connectivity index (χ0v) is 12.5. The Kier molecular flexibility index (Phi) is 8.81. The van der Waals surface area contributed by atoms with Crippen LogP contribution in [-0.2, 0) is 23.9 Å². The molecule has 126 valence electrons. The molecule has 0 atom stereocenters.